The summed E-state index contributed by atoms with van der Waals surface area (Å²) in [4.78, 5) is 26.3. The zero-order valence-corrected chi connectivity index (χ0v) is 10.6. The van der Waals surface area contributed by atoms with Gasteiger partial charge in [-0.15, -0.1) is 0 Å². The van der Waals surface area contributed by atoms with Gasteiger partial charge in [-0.1, -0.05) is 23.2 Å². The van der Waals surface area contributed by atoms with Gasteiger partial charge in [0.1, 0.15) is 10.3 Å². The molecule has 0 saturated carbocycles. The van der Waals surface area contributed by atoms with Gasteiger partial charge in [-0.25, -0.2) is 4.98 Å². The van der Waals surface area contributed by atoms with E-state index < -0.39 is 0 Å². The van der Waals surface area contributed by atoms with Crippen molar-refractivity contribution in [1.29, 1.82) is 0 Å². The van der Waals surface area contributed by atoms with Gasteiger partial charge in [0.05, 0.1) is 0 Å². The Bertz CT molecular complexity index is 417. The van der Waals surface area contributed by atoms with Crippen LogP contribution in [-0.2, 0) is 4.79 Å². The first-order valence-electron chi connectivity index (χ1n) is 4.85. The minimum atomic E-state index is -0.347. The number of nitrogens with zero attached hydrogens (tertiary/aromatic N) is 1. The van der Waals surface area contributed by atoms with Crippen molar-refractivity contribution in [1.82, 2.24) is 15.6 Å². The third kappa shape index (κ3) is 4.58. The van der Waals surface area contributed by atoms with Gasteiger partial charge < -0.3 is 10.6 Å². The number of nitrogens with one attached hydrogen (secondary N) is 2. The Labute approximate surface area is 109 Å². The molecule has 92 valence electrons. The van der Waals surface area contributed by atoms with Crippen molar-refractivity contribution < 1.29 is 9.59 Å². The van der Waals surface area contributed by atoms with Crippen LogP contribution in [0.2, 0.25) is 10.3 Å². The van der Waals surface area contributed by atoms with Crippen LogP contribution in [-0.4, -0.2) is 30.4 Å². The second kappa shape index (κ2) is 6.42. The number of halogens is 2. The van der Waals surface area contributed by atoms with Crippen molar-refractivity contribution >= 4 is 35.0 Å². The largest absolute Gasteiger partial charge is 0.359 e. The minimum absolute atomic E-state index is 0.143. The predicted octanol–water partition coefficient (Wildman–Crippen LogP) is 1.25. The van der Waals surface area contributed by atoms with Gasteiger partial charge in [0, 0.05) is 25.6 Å². The van der Waals surface area contributed by atoms with Gasteiger partial charge in [-0.3, -0.25) is 9.59 Å². The molecule has 2 N–H and O–H groups in total. The average molecular weight is 276 g/mol. The summed E-state index contributed by atoms with van der Waals surface area (Å²) < 4.78 is 0. The number of aromatic nitrogens is 1. The monoisotopic (exact) mass is 275 g/mol. The van der Waals surface area contributed by atoms with E-state index in [0.717, 1.165) is 0 Å². The van der Waals surface area contributed by atoms with E-state index in [1.807, 2.05) is 0 Å². The summed E-state index contributed by atoms with van der Waals surface area (Å²) in [5, 5.41) is 5.32. The molecule has 0 aromatic carbocycles. The molecule has 17 heavy (non-hydrogen) atoms. The van der Waals surface area contributed by atoms with Crippen LogP contribution in [0.15, 0.2) is 12.1 Å². The summed E-state index contributed by atoms with van der Waals surface area (Å²) in [6.45, 7) is 0.246. The fourth-order valence-corrected chi connectivity index (χ4v) is 1.57. The van der Waals surface area contributed by atoms with Crippen LogP contribution in [0.25, 0.3) is 0 Å². The van der Waals surface area contributed by atoms with Crippen LogP contribution in [0.3, 0.4) is 0 Å². The lowest BCUT2D eigenvalue weighted by molar-refractivity contribution is -0.120. The van der Waals surface area contributed by atoms with Crippen LogP contribution in [0.4, 0.5) is 0 Å². The van der Waals surface area contributed by atoms with Gasteiger partial charge in [0.2, 0.25) is 5.91 Å². The summed E-state index contributed by atoms with van der Waals surface area (Å²) in [7, 11) is 1.53. The number of rotatable bonds is 4. The maximum Gasteiger partial charge on any atom is 0.251 e. The topological polar surface area (TPSA) is 71.1 Å². The first-order chi connectivity index (χ1) is 8.02. The van der Waals surface area contributed by atoms with E-state index in [-0.39, 0.29) is 35.1 Å². The number of carbonyl (C=O) groups is 2. The van der Waals surface area contributed by atoms with Crippen LogP contribution in [0.5, 0.6) is 0 Å². The van der Waals surface area contributed by atoms with Crippen LogP contribution >= 0.6 is 23.2 Å². The number of hydrogen-bond donors (Lipinski definition) is 2. The zero-order chi connectivity index (χ0) is 12.8. The molecule has 2 amide bonds. The van der Waals surface area contributed by atoms with E-state index in [2.05, 4.69) is 15.6 Å². The normalized spacial score (nSPS) is 9.82. The zero-order valence-electron chi connectivity index (χ0n) is 9.09. The summed E-state index contributed by atoms with van der Waals surface area (Å²) in [6, 6.07) is 2.81. The van der Waals surface area contributed by atoms with E-state index >= 15 is 0 Å². The highest BCUT2D eigenvalue weighted by Gasteiger charge is 2.08. The molecule has 0 atom stereocenters. The molecule has 5 nitrogen and oxygen atoms in total. The van der Waals surface area contributed by atoms with Gasteiger partial charge in [-0.2, -0.15) is 0 Å². The number of carbonyl (C=O) groups excluding carboxylic acids is 2. The molecule has 0 aliphatic rings. The quantitative estimate of drug-likeness (QED) is 0.813. The molecule has 0 spiro atoms. The Morgan fingerprint density at radius 3 is 2.41 bits per heavy atom. The highest BCUT2D eigenvalue weighted by molar-refractivity contribution is 6.33. The van der Waals surface area contributed by atoms with Gasteiger partial charge in [-0.05, 0) is 12.1 Å². The highest BCUT2D eigenvalue weighted by Crippen LogP contribution is 2.14. The average Bonchev–Trinajstić information content (AvgIpc) is 2.27. The Morgan fingerprint density at radius 2 is 1.88 bits per heavy atom. The minimum Gasteiger partial charge on any atom is -0.359 e. The van der Waals surface area contributed by atoms with Crippen molar-refractivity contribution in [2.75, 3.05) is 13.6 Å². The molecule has 1 rings (SSSR count). The third-order valence-corrected chi connectivity index (χ3v) is 2.33. The smallest absolute Gasteiger partial charge is 0.251 e. The molecule has 0 aliphatic heterocycles. The van der Waals surface area contributed by atoms with Gasteiger partial charge in [0.25, 0.3) is 5.91 Å². The van der Waals surface area contributed by atoms with Crippen LogP contribution in [0, 0.1) is 0 Å². The van der Waals surface area contributed by atoms with Gasteiger partial charge >= 0.3 is 0 Å². The molecule has 0 bridgehead atoms. The second-order valence-electron chi connectivity index (χ2n) is 3.18. The molecule has 0 unspecified atom stereocenters. The summed E-state index contributed by atoms with van der Waals surface area (Å²) >= 11 is 11.3. The molecule has 0 aliphatic carbocycles. The van der Waals surface area contributed by atoms with E-state index in [1.54, 1.807) is 0 Å². The van der Waals surface area contributed by atoms with Crippen molar-refractivity contribution in [2.45, 2.75) is 6.42 Å². The molecule has 0 fully saturated rings. The maximum atomic E-state index is 11.6. The van der Waals surface area contributed by atoms with E-state index in [0.29, 0.717) is 5.56 Å². The first-order valence-corrected chi connectivity index (χ1v) is 5.60. The third-order valence-electron chi connectivity index (χ3n) is 1.94. The fraction of sp³-hybridized carbons (Fsp3) is 0.300. The molecular weight excluding hydrogens is 265 g/mol. The van der Waals surface area contributed by atoms with E-state index in [4.69, 9.17) is 23.2 Å². The van der Waals surface area contributed by atoms with Crippen LogP contribution in [0.1, 0.15) is 16.8 Å². The van der Waals surface area contributed by atoms with Gasteiger partial charge in [0.15, 0.2) is 0 Å². The summed E-state index contributed by atoms with van der Waals surface area (Å²) in [6.07, 6.45) is 0.217. The summed E-state index contributed by atoms with van der Waals surface area (Å²) in [5.74, 6) is -0.490. The van der Waals surface area contributed by atoms with E-state index in [1.165, 1.54) is 19.2 Å². The Hall–Kier alpha value is -1.33. The molecule has 0 saturated heterocycles. The molecule has 0 radical (unpaired) electrons. The van der Waals surface area contributed by atoms with Crippen molar-refractivity contribution in [3.63, 3.8) is 0 Å². The Kier molecular flexibility index (Phi) is 5.18. The standard InChI is InChI=1S/C10H11Cl2N3O2/c1-13-9(16)2-3-14-10(17)6-4-7(11)15-8(12)5-6/h4-5H,2-3H2,1H3,(H,13,16)(H,14,17). The Morgan fingerprint density at radius 1 is 1.29 bits per heavy atom. The fourth-order valence-electron chi connectivity index (χ4n) is 1.11. The van der Waals surface area contributed by atoms with E-state index in [9.17, 15) is 9.59 Å². The lowest BCUT2D eigenvalue weighted by Gasteiger charge is -2.05. The SMILES string of the molecule is CNC(=O)CCNC(=O)c1cc(Cl)nc(Cl)c1. The van der Waals surface area contributed by atoms with Crippen molar-refractivity contribution in [2.24, 2.45) is 0 Å². The Balaban J connectivity index is 2.55. The second-order valence-corrected chi connectivity index (χ2v) is 3.95. The highest BCUT2D eigenvalue weighted by atomic mass is 35.5. The number of hydrogen-bond acceptors (Lipinski definition) is 3. The molecule has 1 heterocycles. The number of amides is 2. The molecule has 1 aromatic rings. The molecular formula is C10H11Cl2N3O2. The number of pyridine rings is 1. The maximum absolute atomic E-state index is 11.6. The van der Waals surface area contributed by atoms with Crippen LogP contribution < -0.4 is 10.6 Å². The van der Waals surface area contributed by atoms with Crippen molar-refractivity contribution in [3.8, 4) is 0 Å². The molecule has 1 aromatic heterocycles. The lowest BCUT2D eigenvalue weighted by atomic mass is 10.2. The predicted molar refractivity (Wildman–Crippen MR) is 65.3 cm³/mol. The van der Waals surface area contributed by atoms with Crippen molar-refractivity contribution in [3.05, 3.63) is 28.0 Å². The first kappa shape index (κ1) is 13.7. The summed E-state index contributed by atoms with van der Waals surface area (Å²) in [5.41, 5.74) is 0.312. The lowest BCUT2D eigenvalue weighted by Crippen LogP contribution is -2.29. The molecule has 7 heteroatoms.